The molecule has 0 saturated heterocycles. The Morgan fingerprint density at radius 3 is 0.657 bits per heavy atom. The number of aromatic nitrogens is 2. The van der Waals surface area contributed by atoms with Crippen molar-refractivity contribution < 1.29 is 43.3 Å². The quantitative estimate of drug-likeness (QED) is 0.0537. The van der Waals surface area contributed by atoms with Crippen molar-refractivity contribution in [1.29, 1.82) is 0 Å². The van der Waals surface area contributed by atoms with E-state index in [0.717, 1.165) is 0 Å². The molecule has 6 aromatic heterocycles. The van der Waals surface area contributed by atoms with Gasteiger partial charge in [0.05, 0.1) is 43.1 Å². The molecule has 0 amide bonds. The van der Waals surface area contributed by atoms with E-state index in [4.69, 9.17) is 0 Å². The summed E-state index contributed by atoms with van der Waals surface area (Å²) in [6, 6.07) is 79.4. The summed E-state index contributed by atoms with van der Waals surface area (Å²) in [5.41, 5.74) is 12.7. The van der Waals surface area contributed by atoms with E-state index in [-0.39, 0.29) is 0 Å². The number of nitrogens with zero attached hydrogens (tertiary/aromatic N) is 2. The molecule has 0 atom stereocenters. The zero-order valence-electron chi connectivity index (χ0n) is 36.9. The van der Waals surface area contributed by atoms with E-state index >= 15 is 0 Å². The van der Waals surface area contributed by atoms with Gasteiger partial charge in [-0.2, -0.15) is 8.80 Å². The van der Waals surface area contributed by atoms with Gasteiger partial charge in [-0.3, -0.25) is 0 Å². The molecular weight excluding hydrogens is 898 g/mol. The maximum Gasteiger partial charge on any atom is 0.673 e. The first-order chi connectivity index (χ1) is 33.8. The van der Waals surface area contributed by atoms with Crippen LogP contribution in [0.4, 0.5) is 34.5 Å². The average Bonchev–Trinajstić information content (AvgIpc) is 3.37. The minimum atomic E-state index is -6.00. The fourth-order valence-electron chi connectivity index (χ4n) is 10.3. The summed E-state index contributed by atoms with van der Waals surface area (Å²) in [5, 5.41) is 15.6. The lowest BCUT2D eigenvalue weighted by atomic mass is 9.95. The first kappa shape index (κ1) is 44.2. The number of hydrogen-bond donors (Lipinski definition) is 0. The number of rotatable bonds is 2. The van der Waals surface area contributed by atoms with E-state index in [1.54, 1.807) is 0 Å². The summed E-state index contributed by atoms with van der Waals surface area (Å²) in [4.78, 5) is 0. The maximum atomic E-state index is 9.75. The lowest BCUT2D eigenvalue weighted by Gasteiger charge is -2.12. The van der Waals surface area contributed by atoms with Crippen LogP contribution >= 0.6 is 0 Å². The van der Waals surface area contributed by atoms with Crippen LogP contribution in [0.25, 0.3) is 120 Å². The smallest absolute Gasteiger partial charge is 0.418 e. The Labute approximate surface area is 394 Å². The Morgan fingerprint density at radius 2 is 0.414 bits per heavy atom. The third kappa shape index (κ3) is 8.04. The summed E-state index contributed by atoms with van der Waals surface area (Å²) in [6.07, 6.45) is 0. The van der Waals surface area contributed by atoms with Gasteiger partial charge < -0.3 is 34.5 Å². The Balaban J connectivity index is 0.000000128. The van der Waals surface area contributed by atoms with Crippen molar-refractivity contribution in [2.45, 2.75) is 0 Å². The average molecular weight is 935 g/mol. The molecular formula is C58H36B2F8N2. The molecule has 12 heteroatoms. The molecule has 6 heterocycles. The second kappa shape index (κ2) is 17.3. The number of pyridine rings is 6. The van der Waals surface area contributed by atoms with Crippen molar-refractivity contribution in [3.8, 4) is 22.3 Å². The Kier molecular flexibility index (Phi) is 10.9. The van der Waals surface area contributed by atoms with Gasteiger partial charge in [-0.25, -0.2) is 0 Å². The van der Waals surface area contributed by atoms with Crippen molar-refractivity contribution in [3.05, 3.63) is 218 Å². The van der Waals surface area contributed by atoms with Crippen molar-refractivity contribution in [3.63, 3.8) is 0 Å². The number of para-hydroxylation sites is 2. The van der Waals surface area contributed by atoms with Gasteiger partial charge in [0.1, 0.15) is 0 Å². The van der Waals surface area contributed by atoms with Crippen LogP contribution in [0.2, 0.25) is 0 Å². The van der Waals surface area contributed by atoms with Crippen molar-refractivity contribution in [2.75, 3.05) is 0 Å². The second-order valence-corrected chi connectivity index (χ2v) is 17.0. The van der Waals surface area contributed by atoms with Crippen LogP contribution in [0.3, 0.4) is 0 Å². The second-order valence-electron chi connectivity index (χ2n) is 17.0. The van der Waals surface area contributed by atoms with Crippen molar-refractivity contribution in [2.24, 2.45) is 0 Å². The number of hydrogen-bond acceptors (Lipinski definition) is 0. The lowest BCUT2D eigenvalue weighted by Crippen LogP contribution is -2.26. The highest BCUT2D eigenvalue weighted by Crippen LogP contribution is 2.39. The van der Waals surface area contributed by atoms with E-state index in [2.05, 4.69) is 227 Å². The molecule has 2 nitrogen and oxygen atoms in total. The highest BCUT2D eigenvalue weighted by atomic mass is 19.5. The number of halogens is 8. The number of fused-ring (bicyclic) bond motifs is 12. The predicted molar refractivity (Wildman–Crippen MR) is 273 cm³/mol. The van der Waals surface area contributed by atoms with Gasteiger partial charge in [0.25, 0.3) is 0 Å². The predicted octanol–water partition coefficient (Wildman–Crippen LogP) is 16.9. The summed E-state index contributed by atoms with van der Waals surface area (Å²) in [7, 11) is -12.0. The van der Waals surface area contributed by atoms with Crippen LogP contribution in [0.15, 0.2) is 218 Å². The monoisotopic (exact) mass is 934 g/mol. The SMILES string of the molecule is F[B-](F)(F)F.F[B-](F)(F)F.c1ccc(-c2cc3c4ccccc4c4cccc5c6ccccc6c(c2)[n+]3c45)cc1.c1ccc(-c2cc3c4ccccc4c4cccc5c6ccccc6c(c2)[n+]3c45)cc1. The summed E-state index contributed by atoms with van der Waals surface area (Å²) >= 11 is 0. The van der Waals surface area contributed by atoms with Gasteiger partial charge in [-0.1, -0.05) is 146 Å². The fraction of sp³-hybridized carbons (Fsp3) is 0. The van der Waals surface area contributed by atoms with Gasteiger partial charge in [0, 0.05) is 45.8 Å². The third-order valence-corrected chi connectivity index (χ3v) is 12.8. The fourth-order valence-corrected chi connectivity index (χ4v) is 10.3. The molecule has 0 unspecified atom stereocenters. The van der Waals surface area contributed by atoms with Crippen molar-refractivity contribution >= 4 is 112 Å². The molecule has 0 spiro atoms. The number of benzene rings is 8. The molecule has 0 aliphatic heterocycles. The minimum Gasteiger partial charge on any atom is -0.418 e. The normalized spacial score (nSPS) is 12.0. The molecule has 340 valence electrons. The van der Waals surface area contributed by atoms with Crippen LogP contribution in [0.5, 0.6) is 0 Å². The van der Waals surface area contributed by atoms with Crippen LogP contribution in [-0.4, -0.2) is 14.5 Å². The van der Waals surface area contributed by atoms with E-state index < -0.39 is 14.5 Å². The standard InChI is InChI=1S/2C29H18N.2BF4/c2*1-2-9-19(10-3-1)20-17-27-23-13-6-4-11-21(23)25-15-8-16-26-22-12-5-7-14-24(22)28(18-20)30(27)29(25)26;2*2-1(3,4)5/h2*1-18H;;/q2*+1;2*-1. The first-order valence-corrected chi connectivity index (χ1v) is 22.5. The minimum absolute atomic E-state index is 1.25. The zero-order chi connectivity index (χ0) is 48.3. The van der Waals surface area contributed by atoms with E-state index in [0.29, 0.717) is 0 Å². The maximum absolute atomic E-state index is 9.75. The zero-order valence-corrected chi connectivity index (χ0v) is 36.9. The van der Waals surface area contributed by atoms with Crippen LogP contribution in [0.1, 0.15) is 0 Å². The van der Waals surface area contributed by atoms with E-state index in [1.165, 1.54) is 120 Å². The van der Waals surface area contributed by atoms with Crippen LogP contribution in [-0.2, 0) is 0 Å². The largest absolute Gasteiger partial charge is 0.673 e. The highest BCUT2D eigenvalue weighted by molar-refractivity contribution is 6.50. The molecule has 0 fully saturated rings. The van der Waals surface area contributed by atoms with Crippen molar-refractivity contribution in [1.82, 2.24) is 0 Å². The van der Waals surface area contributed by atoms with Gasteiger partial charge in [-0.15, -0.1) is 0 Å². The lowest BCUT2D eigenvalue weighted by molar-refractivity contribution is -0.448. The highest BCUT2D eigenvalue weighted by Gasteiger charge is 2.27. The Morgan fingerprint density at radius 1 is 0.214 bits per heavy atom. The molecule has 0 radical (unpaired) electrons. The van der Waals surface area contributed by atoms with Gasteiger partial charge in [0.15, 0.2) is 0 Å². The molecule has 0 bridgehead atoms. The summed E-state index contributed by atoms with van der Waals surface area (Å²) < 4.78 is 82.9. The molecule has 0 N–H and O–H groups in total. The molecule has 0 saturated carbocycles. The molecule has 0 aliphatic carbocycles. The van der Waals surface area contributed by atoms with Crippen LogP contribution in [0, 0.1) is 0 Å². The van der Waals surface area contributed by atoms with E-state index in [9.17, 15) is 34.5 Å². The molecule has 8 aromatic carbocycles. The topological polar surface area (TPSA) is 8.20 Å². The molecule has 14 aromatic rings. The molecule has 0 aliphatic rings. The summed E-state index contributed by atoms with van der Waals surface area (Å²) in [5.74, 6) is 0. The molecule has 14 rings (SSSR count). The van der Waals surface area contributed by atoms with Gasteiger partial charge in [-0.05, 0) is 70.8 Å². The first-order valence-electron chi connectivity index (χ1n) is 22.5. The Hall–Kier alpha value is -8.37. The summed E-state index contributed by atoms with van der Waals surface area (Å²) in [6.45, 7) is 0. The third-order valence-electron chi connectivity index (χ3n) is 12.8. The van der Waals surface area contributed by atoms with Gasteiger partial charge >= 0.3 is 14.5 Å². The Bertz CT molecular complexity index is 3750. The molecule has 70 heavy (non-hydrogen) atoms. The van der Waals surface area contributed by atoms with Gasteiger partial charge in [0.2, 0.25) is 33.1 Å². The van der Waals surface area contributed by atoms with Crippen LogP contribution < -0.4 is 8.80 Å². The van der Waals surface area contributed by atoms with E-state index in [1.807, 2.05) is 0 Å².